The Morgan fingerprint density at radius 1 is 0.939 bits per heavy atom. The molecule has 0 spiro atoms. The van der Waals surface area contributed by atoms with Crippen LogP contribution in [0.2, 0.25) is 0 Å². The molecule has 2 aromatic carbocycles. The molecule has 0 bridgehead atoms. The summed E-state index contributed by atoms with van der Waals surface area (Å²) in [5.74, 6) is -1.31. The number of benzene rings is 2. The quantitative estimate of drug-likeness (QED) is 0.252. The third-order valence-corrected chi connectivity index (χ3v) is 5.77. The molecule has 0 unspecified atom stereocenters. The Hall–Kier alpha value is -3.27. The lowest BCUT2D eigenvalue weighted by molar-refractivity contribution is -0.130. The van der Waals surface area contributed by atoms with Crippen molar-refractivity contribution in [3.63, 3.8) is 0 Å². The van der Waals surface area contributed by atoms with Gasteiger partial charge in [-0.25, -0.2) is 5.48 Å². The highest BCUT2D eigenvalue weighted by Crippen LogP contribution is 2.22. The van der Waals surface area contributed by atoms with E-state index in [2.05, 4.69) is 16.0 Å². The molecule has 9 nitrogen and oxygen atoms in total. The van der Waals surface area contributed by atoms with Gasteiger partial charge in [-0.15, -0.1) is 0 Å². The molecule has 0 aliphatic heterocycles. The van der Waals surface area contributed by atoms with Crippen LogP contribution in [0.3, 0.4) is 0 Å². The minimum absolute atomic E-state index is 0.0608. The molecule has 0 heterocycles. The Labute approximate surface area is 193 Å². The third kappa shape index (κ3) is 7.11. The third-order valence-electron chi connectivity index (χ3n) is 5.77. The van der Waals surface area contributed by atoms with E-state index in [1.807, 2.05) is 24.3 Å². The minimum atomic E-state index is -1.03. The number of hydroxylamine groups is 1. The van der Waals surface area contributed by atoms with Gasteiger partial charge in [0.05, 0.1) is 6.54 Å². The zero-order valence-corrected chi connectivity index (χ0v) is 18.5. The van der Waals surface area contributed by atoms with Crippen molar-refractivity contribution in [2.24, 2.45) is 5.73 Å². The molecular formula is C24H31N5O4. The number of anilines is 1. The number of amides is 3. The van der Waals surface area contributed by atoms with Crippen molar-refractivity contribution >= 4 is 23.4 Å². The fourth-order valence-corrected chi connectivity index (χ4v) is 3.86. The van der Waals surface area contributed by atoms with Crippen molar-refractivity contribution in [2.75, 3.05) is 18.4 Å². The SMILES string of the molecule is NC[C@H](NC(=O)c1ccc(-c2ccc(NC(=O)CNC3CCCCC3)cc2)cc1)C(=O)NO. The van der Waals surface area contributed by atoms with Gasteiger partial charge in [-0.1, -0.05) is 43.5 Å². The number of nitrogens with one attached hydrogen (secondary N) is 4. The van der Waals surface area contributed by atoms with E-state index in [1.54, 1.807) is 24.3 Å². The predicted octanol–water partition coefficient (Wildman–Crippen LogP) is 1.78. The Morgan fingerprint density at radius 3 is 2.12 bits per heavy atom. The highest BCUT2D eigenvalue weighted by molar-refractivity contribution is 5.98. The van der Waals surface area contributed by atoms with E-state index in [9.17, 15) is 14.4 Å². The molecule has 1 saturated carbocycles. The number of carbonyl (C=O) groups is 3. The van der Waals surface area contributed by atoms with Gasteiger partial charge in [-0.05, 0) is 48.2 Å². The predicted molar refractivity (Wildman–Crippen MR) is 126 cm³/mol. The lowest BCUT2D eigenvalue weighted by atomic mass is 9.95. The Morgan fingerprint density at radius 2 is 1.55 bits per heavy atom. The molecule has 9 heteroatoms. The summed E-state index contributed by atoms with van der Waals surface area (Å²) in [6.07, 6.45) is 6.00. The van der Waals surface area contributed by atoms with Crippen molar-refractivity contribution in [3.8, 4) is 11.1 Å². The van der Waals surface area contributed by atoms with Crippen LogP contribution in [0.25, 0.3) is 11.1 Å². The average molecular weight is 454 g/mol. The number of hydrogen-bond acceptors (Lipinski definition) is 6. The smallest absolute Gasteiger partial charge is 0.267 e. The first kappa shape index (κ1) is 24.4. The molecule has 1 aliphatic rings. The van der Waals surface area contributed by atoms with Crippen LogP contribution in [0.15, 0.2) is 48.5 Å². The van der Waals surface area contributed by atoms with Gasteiger partial charge < -0.3 is 21.7 Å². The molecule has 0 radical (unpaired) electrons. The van der Waals surface area contributed by atoms with Gasteiger partial charge >= 0.3 is 0 Å². The lowest BCUT2D eigenvalue weighted by Gasteiger charge is -2.22. The Bertz CT molecular complexity index is 940. The van der Waals surface area contributed by atoms with E-state index in [4.69, 9.17) is 10.9 Å². The second-order valence-corrected chi connectivity index (χ2v) is 8.16. The van der Waals surface area contributed by atoms with Gasteiger partial charge in [0.1, 0.15) is 6.04 Å². The zero-order valence-electron chi connectivity index (χ0n) is 18.5. The maximum atomic E-state index is 12.3. The van der Waals surface area contributed by atoms with Crippen LogP contribution in [0.1, 0.15) is 42.5 Å². The topological polar surface area (TPSA) is 146 Å². The Kier molecular flexibility index (Phi) is 8.94. The summed E-state index contributed by atoms with van der Waals surface area (Å²) >= 11 is 0. The van der Waals surface area contributed by atoms with Gasteiger partial charge in [0.15, 0.2) is 0 Å². The van der Waals surface area contributed by atoms with E-state index >= 15 is 0 Å². The number of nitrogens with two attached hydrogens (primary N) is 1. The van der Waals surface area contributed by atoms with Crippen LogP contribution in [0.5, 0.6) is 0 Å². The fraction of sp³-hybridized carbons (Fsp3) is 0.375. The standard InChI is InChI=1S/C24H31N5O4/c25-14-21(24(32)29-33)28-23(31)18-8-6-16(7-9-18)17-10-12-20(13-11-17)27-22(30)15-26-19-4-2-1-3-5-19/h6-13,19,21,26,33H,1-5,14-15,25H2,(H,27,30)(H,28,31)(H,29,32)/t21-/m0/s1. The van der Waals surface area contributed by atoms with Crippen molar-refractivity contribution < 1.29 is 19.6 Å². The minimum Gasteiger partial charge on any atom is -0.339 e. The second-order valence-electron chi connectivity index (χ2n) is 8.16. The van der Waals surface area contributed by atoms with Gasteiger partial charge in [-0.3, -0.25) is 19.6 Å². The fourth-order valence-electron chi connectivity index (χ4n) is 3.86. The van der Waals surface area contributed by atoms with Crippen LogP contribution in [0, 0.1) is 0 Å². The summed E-state index contributed by atoms with van der Waals surface area (Å²) in [5, 5.41) is 17.4. The van der Waals surface area contributed by atoms with Crippen LogP contribution in [-0.4, -0.2) is 48.1 Å². The Balaban J connectivity index is 1.53. The van der Waals surface area contributed by atoms with Crippen LogP contribution < -0.4 is 27.2 Å². The normalized spacial score (nSPS) is 14.8. The number of hydrogen-bond donors (Lipinski definition) is 6. The molecule has 2 aromatic rings. The summed E-state index contributed by atoms with van der Waals surface area (Å²) in [6.45, 7) is 0.163. The molecule has 3 rings (SSSR count). The number of carbonyl (C=O) groups excluding carboxylic acids is 3. The monoisotopic (exact) mass is 453 g/mol. The van der Waals surface area contributed by atoms with Crippen LogP contribution in [0.4, 0.5) is 5.69 Å². The summed E-state index contributed by atoms with van der Waals surface area (Å²) in [6, 6.07) is 13.8. The van der Waals surface area contributed by atoms with Gasteiger partial charge in [0, 0.05) is 23.8 Å². The molecule has 7 N–H and O–H groups in total. The summed E-state index contributed by atoms with van der Waals surface area (Å²) < 4.78 is 0. The summed E-state index contributed by atoms with van der Waals surface area (Å²) in [7, 11) is 0. The largest absolute Gasteiger partial charge is 0.339 e. The van der Waals surface area contributed by atoms with Crippen molar-refractivity contribution in [1.29, 1.82) is 0 Å². The lowest BCUT2D eigenvalue weighted by Crippen LogP contribution is -2.50. The van der Waals surface area contributed by atoms with E-state index in [0.717, 1.165) is 29.7 Å². The van der Waals surface area contributed by atoms with Gasteiger partial charge in [-0.2, -0.15) is 0 Å². The highest BCUT2D eigenvalue weighted by atomic mass is 16.5. The van der Waals surface area contributed by atoms with Crippen molar-refractivity contribution in [2.45, 2.75) is 44.2 Å². The van der Waals surface area contributed by atoms with Crippen molar-refractivity contribution in [1.82, 2.24) is 16.1 Å². The molecule has 3 amide bonds. The molecular weight excluding hydrogens is 422 g/mol. The van der Waals surface area contributed by atoms with E-state index in [1.165, 1.54) is 24.7 Å². The maximum Gasteiger partial charge on any atom is 0.267 e. The average Bonchev–Trinajstić information content (AvgIpc) is 2.86. The zero-order chi connectivity index (χ0) is 23.6. The second kappa shape index (κ2) is 12.1. The first-order valence-corrected chi connectivity index (χ1v) is 11.2. The van der Waals surface area contributed by atoms with Gasteiger partial charge in [0.2, 0.25) is 5.91 Å². The molecule has 1 fully saturated rings. The maximum absolute atomic E-state index is 12.3. The van der Waals surface area contributed by atoms with E-state index in [-0.39, 0.29) is 12.5 Å². The molecule has 33 heavy (non-hydrogen) atoms. The first-order chi connectivity index (χ1) is 16.0. The molecule has 176 valence electrons. The molecule has 1 aliphatic carbocycles. The number of rotatable bonds is 9. The van der Waals surface area contributed by atoms with E-state index < -0.39 is 17.9 Å². The van der Waals surface area contributed by atoms with E-state index in [0.29, 0.717) is 18.2 Å². The van der Waals surface area contributed by atoms with Crippen LogP contribution >= 0.6 is 0 Å². The van der Waals surface area contributed by atoms with Gasteiger partial charge in [0.25, 0.3) is 11.8 Å². The summed E-state index contributed by atoms with van der Waals surface area (Å²) in [5.41, 5.74) is 9.84. The highest BCUT2D eigenvalue weighted by Gasteiger charge is 2.19. The molecule has 1 atom stereocenters. The van der Waals surface area contributed by atoms with Crippen molar-refractivity contribution in [3.05, 3.63) is 54.1 Å². The first-order valence-electron chi connectivity index (χ1n) is 11.2. The molecule has 0 saturated heterocycles. The molecule has 0 aromatic heterocycles. The van der Waals surface area contributed by atoms with Crippen LogP contribution in [-0.2, 0) is 9.59 Å². The summed E-state index contributed by atoms with van der Waals surface area (Å²) in [4.78, 5) is 36.0.